The lowest BCUT2D eigenvalue weighted by Gasteiger charge is -2.11. The monoisotopic (exact) mass is 245 g/mol. The number of amides is 1. The summed E-state index contributed by atoms with van der Waals surface area (Å²) in [7, 11) is 0. The number of carbonyl (C=O) groups is 1. The molecular formula is C12H15N5O. The minimum absolute atomic E-state index is 0.182. The van der Waals surface area contributed by atoms with Crippen LogP contribution in [0.25, 0.3) is 5.69 Å². The van der Waals surface area contributed by atoms with Crippen molar-refractivity contribution in [2.75, 3.05) is 5.32 Å². The van der Waals surface area contributed by atoms with Gasteiger partial charge in [-0.1, -0.05) is 13.0 Å². The zero-order chi connectivity index (χ0) is 13.0. The first-order valence-electron chi connectivity index (χ1n) is 5.72. The minimum atomic E-state index is -0.483. The van der Waals surface area contributed by atoms with Gasteiger partial charge in [0.15, 0.2) is 0 Å². The Kier molecular flexibility index (Phi) is 3.69. The molecule has 0 bridgehead atoms. The molecule has 0 radical (unpaired) electrons. The Bertz CT molecular complexity index is 523. The van der Waals surface area contributed by atoms with E-state index in [1.807, 2.05) is 31.2 Å². The molecule has 0 aliphatic carbocycles. The zero-order valence-corrected chi connectivity index (χ0v) is 10.1. The van der Waals surface area contributed by atoms with Crippen molar-refractivity contribution < 1.29 is 4.79 Å². The van der Waals surface area contributed by atoms with Gasteiger partial charge in [-0.3, -0.25) is 9.36 Å². The Morgan fingerprint density at radius 1 is 1.44 bits per heavy atom. The number of benzene rings is 1. The Morgan fingerprint density at radius 3 is 2.83 bits per heavy atom. The highest BCUT2D eigenvalue weighted by Gasteiger charge is 2.11. The van der Waals surface area contributed by atoms with E-state index < -0.39 is 6.04 Å². The van der Waals surface area contributed by atoms with Gasteiger partial charge in [0.25, 0.3) is 0 Å². The van der Waals surface area contributed by atoms with Crippen LogP contribution in [-0.2, 0) is 4.79 Å². The second kappa shape index (κ2) is 5.42. The first-order valence-corrected chi connectivity index (χ1v) is 5.72. The van der Waals surface area contributed by atoms with E-state index in [1.165, 1.54) is 0 Å². The van der Waals surface area contributed by atoms with Gasteiger partial charge in [0, 0.05) is 5.69 Å². The third kappa shape index (κ3) is 2.72. The van der Waals surface area contributed by atoms with Crippen LogP contribution >= 0.6 is 0 Å². The summed E-state index contributed by atoms with van der Waals surface area (Å²) in [6.45, 7) is 1.87. The smallest absolute Gasteiger partial charge is 0.241 e. The van der Waals surface area contributed by atoms with Gasteiger partial charge in [0.2, 0.25) is 5.91 Å². The van der Waals surface area contributed by atoms with E-state index >= 15 is 0 Å². The third-order valence-electron chi connectivity index (χ3n) is 2.61. The van der Waals surface area contributed by atoms with Crippen LogP contribution in [0.5, 0.6) is 0 Å². The molecule has 1 heterocycles. The van der Waals surface area contributed by atoms with E-state index in [0.717, 1.165) is 5.69 Å². The van der Waals surface area contributed by atoms with Crippen LogP contribution in [0.1, 0.15) is 13.3 Å². The lowest BCUT2D eigenvalue weighted by atomic mass is 10.2. The summed E-state index contributed by atoms with van der Waals surface area (Å²) >= 11 is 0. The Labute approximate surface area is 105 Å². The molecule has 0 saturated carbocycles. The van der Waals surface area contributed by atoms with Crippen molar-refractivity contribution in [1.29, 1.82) is 0 Å². The highest BCUT2D eigenvalue weighted by Crippen LogP contribution is 2.14. The number of nitrogens with one attached hydrogen (secondary N) is 1. The molecule has 0 spiro atoms. The second-order valence-corrected chi connectivity index (χ2v) is 3.92. The fraction of sp³-hybridized carbons (Fsp3) is 0.250. The van der Waals surface area contributed by atoms with Gasteiger partial charge in [0.05, 0.1) is 11.7 Å². The summed E-state index contributed by atoms with van der Waals surface area (Å²) < 4.78 is 1.76. The summed E-state index contributed by atoms with van der Waals surface area (Å²) in [5, 5.41) is 10.2. The molecule has 1 unspecified atom stereocenters. The number of rotatable bonds is 4. The van der Waals surface area contributed by atoms with Gasteiger partial charge in [0.1, 0.15) is 12.7 Å². The summed E-state index contributed by atoms with van der Waals surface area (Å²) in [6, 6.07) is 6.92. The van der Waals surface area contributed by atoms with Crippen molar-refractivity contribution in [2.45, 2.75) is 19.4 Å². The van der Waals surface area contributed by atoms with Crippen LogP contribution in [0.15, 0.2) is 36.9 Å². The van der Waals surface area contributed by atoms with Crippen molar-refractivity contribution in [3.63, 3.8) is 0 Å². The molecule has 2 rings (SSSR count). The predicted octanol–water partition coefficient (Wildman–Crippen LogP) is 0.943. The molecule has 6 heteroatoms. The van der Waals surface area contributed by atoms with Crippen molar-refractivity contribution in [3.05, 3.63) is 36.9 Å². The van der Waals surface area contributed by atoms with E-state index in [9.17, 15) is 4.79 Å². The predicted molar refractivity (Wildman–Crippen MR) is 68.3 cm³/mol. The van der Waals surface area contributed by atoms with Crippen molar-refractivity contribution in [2.24, 2.45) is 5.73 Å². The average molecular weight is 245 g/mol. The number of carbonyl (C=O) groups excluding carboxylic acids is 1. The molecule has 1 amide bonds. The van der Waals surface area contributed by atoms with Gasteiger partial charge < -0.3 is 11.1 Å². The zero-order valence-electron chi connectivity index (χ0n) is 10.1. The van der Waals surface area contributed by atoms with Crippen molar-refractivity contribution >= 4 is 11.6 Å². The third-order valence-corrected chi connectivity index (χ3v) is 2.61. The molecule has 1 aromatic carbocycles. The normalized spacial score (nSPS) is 12.1. The molecule has 94 valence electrons. The van der Waals surface area contributed by atoms with Crippen LogP contribution in [0, 0.1) is 0 Å². The Morgan fingerprint density at radius 2 is 2.17 bits per heavy atom. The maximum absolute atomic E-state index is 11.7. The number of aromatic nitrogens is 3. The van der Waals surface area contributed by atoms with Gasteiger partial charge in [-0.15, -0.1) is 10.2 Å². The van der Waals surface area contributed by atoms with Gasteiger partial charge >= 0.3 is 0 Å². The molecule has 1 aromatic heterocycles. The van der Waals surface area contributed by atoms with Gasteiger partial charge in [-0.2, -0.15) is 0 Å². The fourth-order valence-corrected chi connectivity index (χ4v) is 1.50. The average Bonchev–Trinajstić information content (AvgIpc) is 2.92. The topological polar surface area (TPSA) is 85.8 Å². The molecule has 6 nitrogen and oxygen atoms in total. The molecule has 0 aliphatic rings. The number of anilines is 1. The maximum atomic E-state index is 11.7. The highest BCUT2D eigenvalue weighted by atomic mass is 16.2. The summed E-state index contributed by atoms with van der Waals surface area (Å²) in [6.07, 6.45) is 3.80. The molecule has 0 fully saturated rings. The number of hydrogen-bond acceptors (Lipinski definition) is 4. The SMILES string of the molecule is CCC(N)C(=O)Nc1cccc(-n2cnnc2)c1. The van der Waals surface area contributed by atoms with Gasteiger partial charge in [-0.05, 0) is 24.6 Å². The Hall–Kier alpha value is -2.21. The first-order chi connectivity index (χ1) is 8.70. The highest BCUT2D eigenvalue weighted by molar-refractivity contribution is 5.94. The molecule has 2 aromatic rings. The fourth-order valence-electron chi connectivity index (χ4n) is 1.50. The number of nitrogens with two attached hydrogens (primary N) is 1. The number of nitrogens with zero attached hydrogens (tertiary/aromatic N) is 3. The summed E-state index contributed by atoms with van der Waals surface area (Å²) in [5.41, 5.74) is 7.24. The minimum Gasteiger partial charge on any atom is -0.325 e. The van der Waals surface area contributed by atoms with Crippen LogP contribution in [-0.4, -0.2) is 26.7 Å². The van der Waals surface area contributed by atoms with Crippen molar-refractivity contribution in [3.8, 4) is 5.69 Å². The second-order valence-electron chi connectivity index (χ2n) is 3.92. The summed E-state index contributed by atoms with van der Waals surface area (Å²) in [4.78, 5) is 11.7. The molecule has 1 atom stereocenters. The number of hydrogen-bond donors (Lipinski definition) is 2. The lowest BCUT2D eigenvalue weighted by molar-refractivity contribution is -0.117. The van der Waals surface area contributed by atoms with E-state index in [4.69, 9.17) is 5.73 Å². The van der Waals surface area contributed by atoms with Crippen molar-refractivity contribution in [1.82, 2.24) is 14.8 Å². The Balaban J connectivity index is 2.16. The molecule has 3 N–H and O–H groups in total. The maximum Gasteiger partial charge on any atom is 0.241 e. The van der Waals surface area contributed by atoms with E-state index in [1.54, 1.807) is 17.2 Å². The largest absolute Gasteiger partial charge is 0.325 e. The molecular weight excluding hydrogens is 230 g/mol. The van der Waals surface area contributed by atoms with Crippen LogP contribution < -0.4 is 11.1 Å². The van der Waals surface area contributed by atoms with E-state index in [-0.39, 0.29) is 5.91 Å². The molecule has 0 aliphatic heterocycles. The standard InChI is InChI=1S/C12H15N5O/c1-2-11(13)12(18)16-9-4-3-5-10(6-9)17-7-14-15-8-17/h3-8,11H,2,13H2,1H3,(H,16,18). The van der Waals surface area contributed by atoms with E-state index in [2.05, 4.69) is 15.5 Å². The lowest BCUT2D eigenvalue weighted by Crippen LogP contribution is -2.34. The van der Waals surface area contributed by atoms with E-state index in [0.29, 0.717) is 12.1 Å². The summed E-state index contributed by atoms with van der Waals surface area (Å²) in [5.74, 6) is -0.182. The van der Waals surface area contributed by atoms with Crippen LogP contribution in [0.4, 0.5) is 5.69 Å². The quantitative estimate of drug-likeness (QED) is 0.839. The first kappa shape index (κ1) is 12.3. The van der Waals surface area contributed by atoms with Gasteiger partial charge in [-0.25, -0.2) is 0 Å². The molecule has 0 saturated heterocycles. The molecule has 18 heavy (non-hydrogen) atoms. The van der Waals surface area contributed by atoms with Crippen LogP contribution in [0.2, 0.25) is 0 Å². The van der Waals surface area contributed by atoms with Crippen LogP contribution in [0.3, 0.4) is 0 Å².